The van der Waals surface area contributed by atoms with Crippen LogP contribution in [0, 0.1) is 5.92 Å². The summed E-state index contributed by atoms with van der Waals surface area (Å²) >= 11 is 0. The van der Waals surface area contributed by atoms with Crippen LogP contribution in [0.15, 0.2) is 24.3 Å². The SMILES string of the molecule is CC(=O)OCC(=O)NCCCOc1cccc(CN2CCC(C(=O)O)CC2)c1. The van der Waals surface area contributed by atoms with Gasteiger partial charge in [-0.25, -0.2) is 0 Å². The van der Waals surface area contributed by atoms with Gasteiger partial charge in [-0.05, 0) is 50.0 Å². The van der Waals surface area contributed by atoms with Gasteiger partial charge in [-0.2, -0.15) is 0 Å². The molecule has 1 saturated heterocycles. The van der Waals surface area contributed by atoms with Crippen molar-refractivity contribution in [1.82, 2.24) is 10.2 Å². The molecule has 0 atom stereocenters. The zero-order valence-corrected chi connectivity index (χ0v) is 16.2. The number of esters is 1. The van der Waals surface area contributed by atoms with Crippen LogP contribution in [0.25, 0.3) is 0 Å². The summed E-state index contributed by atoms with van der Waals surface area (Å²) in [7, 11) is 0. The Labute approximate surface area is 164 Å². The van der Waals surface area contributed by atoms with E-state index in [0.717, 1.165) is 30.9 Å². The Morgan fingerprint density at radius 2 is 2.00 bits per heavy atom. The molecule has 1 amide bonds. The summed E-state index contributed by atoms with van der Waals surface area (Å²) in [6, 6.07) is 7.85. The molecule has 1 aromatic carbocycles. The fourth-order valence-corrected chi connectivity index (χ4v) is 3.04. The second-order valence-electron chi connectivity index (χ2n) is 6.87. The van der Waals surface area contributed by atoms with Crippen LogP contribution in [-0.2, 0) is 25.7 Å². The predicted octanol–water partition coefficient (Wildman–Crippen LogP) is 1.43. The Hall–Kier alpha value is -2.61. The molecule has 154 valence electrons. The molecule has 28 heavy (non-hydrogen) atoms. The van der Waals surface area contributed by atoms with Gasteiger partial charge < -0.3 is 19.9 Å². The minimum Gasteiger partial charge on any atom is -0.494 e. The standard InChI is InChI=1S/C20H28N2O6/c1-15(23)28-14-19(24)21-8-3-11-27-18-5-2-4-16(12-18)13-22-9-6-17(7-10-22)20(25)26/h2,4-5,12,17H,3,6-11,13-14H2,1H3,(H,21,24)(H,25,26). The largest absolute Gasteiger partial charge is 0.494 e. The van der Waals surface area contributed by atoms with Crippen molar-refractivity contribution < 1.29 is 29.0 Å². The summed E-state index contributed by atoms with van der Waals surface area (Å²) in [6.07, 6.45) is 2.02. The maximum atomic E-state index is 11.4. The first-order chi connectivity index (χ1) is 13.4. The van der Waals surface area contributed by atoms with Gasteiger partial charge in [0.1, 0.15) is 5.75 Å². The highest BCUT2D eigenvalue weighted by Gasteiger charge is 2.24. The molecular weight excluding hydrogens is 364 g/mol. The van der Waals surface area contributed by atoms with Crippen LogP contribution in [0.5, 0.6) is 5.75 Å². The third-order valence-corrected chi connectivity index (χ3v) is 4.56. The van der Waals surface area contributed by atoms with E-state index in [0.29, 0.717) is 32.4 Å². The van der Waals surface area contributed by atoms with Gasteiger partial charge in [0.05, 0.1) is 12.5 Å². The number of nitrogens with zero attached hydrogens (tertiary/aromatic N) is 1. The van der Waals surface area contributed by atoms with E-state index in [2.05, 4.69) is 15.0 Å². The van der Waals surface area contributed by atoms with Crippen LogP contribution < -0.4 is 10.1 Å². The zero-order chi connectivity index (χ0) is 20.4. The van der Waals surface area contributed by atoms with Crippen molar-refractivity contribution in [2.45, 2.75) is 32.7 Å². The molecular formula is C20H28N2O6. The van der Waals surface area contributed by atoms with Crippen LogP contribution in [0.3, 0.4) is 0 Å². The molecule has 1 heterocycles. The minimum absolute atomic E-state index is 0.222. The highest BCUT2D eigenvalue weighted by atomic mass is 16.5. The lowest BCUT2D eigenvalue weighted by Gasteiger charge is -2.30. The number of carbonyl (C=O) groups excluding carboxylic acids is 2. The molecule has 1 aliphatic rings. The molecule has 0 spiro atoms. The van der Waals surface area contributed by atoms with Gasteiger partial charge in [0, 0.05) is 20.0 Å². The number of carbonyl (C=O) groups is 3. The average Bonchev–Trinajstić information content (AvgIpc) is 2.67. The van der Waals surface area contributed by atoms with Crippen LogP contribution in [0.2, 0.25) is 0 Å². The first kappa shape index (κ1) is 21.7. The second kappa shape index (κ2) is 11.3. The number of amides is 1. The van der Waals surface area contributed by atoms with Gasteiger partial charge in [-0.3, -0.25) is 19.3 Å². The van der Waals surface area contributed by atoms with E-state index in [1.165, 1.54) is 6.92 Å². The molecule has 2 N–H and O–H groups in total. The van der Waals surface area contributed by atoms with Crippen molar-refractivity contribution >= 4 is 17.8 Å². The van der Waals surface area contributed by atoms with Gasteiger partial charge >= 0.3 is 11.9 Å². The molecule has 0 aliphatic carbocycles. The lowest BCUT2D eigenvalue weighted by molar-refractivity contribution is -0.146. The summed E-state index contributed by atoms with van der Waals surface area (Å²) in [5, 5.41) is 11.7. The third-order valence-electron chi connectivity index (χ3n) is 4.56. The monoisotopic (exact) mass is 392 g/mol. The van der Waals surface area contributed by atoms with Crippen LogP contribution in [0.4, 0.5) is 0 Å². The Kier molecular flexibility index (Phi) is 8.74. The quantitative estimate of drug-likeness (QED) is 0.458. The molecule has 8 nitrogen and oxygen atoms in total. The van der Waals surface area contributed by atoms with Crippen molar-refractivity contribution in [2.24, 2.45) is 5.92 Å². The maximum Gasteiger partial charge on any atom is 0.306 e. The average molecular weight is 392 g/mol. The van der Waals surface area contributed by atoms with E-state index in [1.54, 1.807) is 0 Å². The Morgan fingerprint density at radius 3 is 2.68 bits per heavy atom. The zero-order valence-electron chi connectivity index (χ0n) is 16.2. The molecule has 1 aromatic rings. The first-order valence-corrected chi connectivity index (χ1v) is 9.51. The Morgan fingerprint density at radius 1 is 1.25 bits per heavy atom. The van der Waals surface area contributed by atoms with Crippen molar-refractivity contribution in [2.75, 3.05) is 32.8 Å². The summed E-state index contributed by atoms with van der Waals surface area (Å²) in [5.74, 6) is -0.962. The Bertz CT molecular complexity index is 670. The second-order valence-corrected chi connectivity index (χ2v) is 6.87. The number of benzene rings is 1. The van der Waals surface area contributed by atoms with Gasteiger partial charge in [-0.15, -0.1) is 0 Å². The number of aliphatic carboxylic acids is 1. The molecule has 2 rings (SSSR count). The maximum absolute atomic E-state index is 11.4. The number of nitrogens with one attached hydrogen (secondary N) is 1. The molecule has 1 aliphatic heterocycles. The number of rotatable bonds is 10. The number of ether oxygens (including phenoxy) is 2. The fraction of sp³-hybridized carbons (Fsp3) is 0.550. The van der Waals surface area contributed by atoms with Gasteiger partial charge in [-0.1, -0.05) is 12.1 Å². The van der Waals surface area contributed by atoms with E-state index < -0.39 is 11.9 Å². The minimum atomic E-state index is -0.697. The van der Waals surface area contributed by atoms with E-state index >= 15 is 0 Å². The van der Waals surface area contributed by atoms with Crippen molar-refractivity contribution in [3.63, 3.8) is 0 Å². The third kappa shape index (κ3) is 7.96. The van der Waals surface area contributed by atoms with Crippen molar-refractivity contribution in [3.05, 3.63) is 29.8 Å². The number of hydrogen-bond donors (Lipinski definition) is 2. The number of piperidine rings is 1. The van der Waals surface area contributed by atoms with E-state index in [9.17, 15) is 14.4 Å². The van der Waals surface area contributed by atoms with Crippen molar-refractivity contribution in [3.8, 4) is 5.75 Å². The summed E-state index contributed by atoms with van der Waals surface area (Å²) in [6.45, 7) is 4.24. The van der Waals surface area contributed by atoms with Crippen LogP contribution >= 0.6 is 0 Å². The number of carboxylic acids is 1. The lowest BCUT2D eigenvalue weighted by atomic mass is 9.97. The highest BCUT2D eigenvalue weighted by Crippen LogP contribution is 2.21. The normalized spacial score (nSPS) is 15.0. The van der Waals surface area contributed by atoms with Gasteiger partial charge in [0.2, 0.25) is 0 Å². The van der Waals surface area contributed by atoms with E-state index in [1.807, 2.05) is 24.3 Å². The summed E-state index contributed by atoms with van der Waals surface area (Å²) < 4.78 is 10.3. The topological polar surface area (TPSA) is 105 Å². The van der Waals surface area contributed by atoms with E-state index in [4.69, 9.17) is 9.84 Å². The Balaban J connectivity index is 1.65. The molecule has 8 heteroatoms. The molecule has 0 aromatic heterocycles. The van der Waals surface area contributed by atoms with E-state index in [-0.39, 0.29) is 18.4 Å². The fourth-order valence-electron chi connectivity index (χ4n) is 3.04. The number of likely N-dealkylation sites (tertiary alicyclic amines) is 1. The number of hydrogen-bond acceptors (Lipinski definition) is 6. The van der Waals surface area contributed by atoms with Gasteiger partial charge in [0.15, 0.2) is 6.61 Å². The van der Waals surface area contributed by atoms with Crippen LogP contribution in [-0.4, -0.2) is 60.7 Å². The molecule has 0 radical (unpaired) electrons. The van der Waals surface area contributed by atoms with Crippen LogP contribution in [0.1, 0.15) is 31.7 Å². The summed E-state index contributed by atoms with van der Waals surface area (Å²) in [5.41, 5.74) is 1.13. The number of carboxylic acid groups (broad SMARTS) is 1. The first-order valence-electron chi connectivity index (χ1n) is 9.51. The smallest absolute Gasteiger partial charge is 0.306 e. The lowest BCUT2D eigenvalue weighted by Crippen LogP contribution is -2.35. The summed E-state index contributed by atoms with van der Waals surface area (Å²) in [4.78, 5) is 35.3. The predicted molar refractivity (Wildman–Crippen MR) is 102 cm³/mol. The van der Waals surface area contributed by atoms with Crippen molar-refractivity contribution in [1.29, 1.82) is 0 Å². The molecule has 0 unspecified atom stereocenters. The molecule has 0 bridgehead atoms. The van der Waals surface area contributed by atoms with Gasteiger partial charge in [0.25, 0.3) is 5.91 Å². The molecule has 0 saturated carbocycles. The molecule has 1 fully saturated rings. The highest BCUT2D eigenvalue weighted by molar-refractivity contribution is 5.79.